The molecule has 0 atom stereocenters. The fourth-order valence-electron chi connectivity index (χ4n) is 3.72. The van der Waals surface area contributed by atoms with Gasteiger partial charge in [0.2, 0.25) is 10.0 Å². The van der Waals surface area contributed by atoms with E-state index in [1.54, 1.807) is 18.2 Å². The number of carbonyl (C=O) groups excluding carboxylic acids is 1. The van der Waals surface area contributed by atoms with Crippen molar-refractivity contribution in [3.63, 3.8) is 0 Å². The summed E-state index contributed by atoms with van der Waals surface area (Å²) >= 11 is 0. The highest BCUT2D eigenvalue weighted by Gasteiger charge is 2.26. The SMILES string of the molecule is O=C(OCCOc1ccc(S(=O)(=O)N2CCOCC2)cc1)c1ccc2c(c1)CCC2. The number of fused-ring (bicyclic) bond motifs is 1. The molecule has 2 aromatic carbocycles. The molecule has 0 aromatic heterocycles. The topological polar surface area (TPSA) is 82.1 Å². The number of ether oxygens (including phenoxy) is 3. The molecule has 1 aliphatic heterocycles. The Morgan fingerprint density at radius 2 is 1.70 bits per heavy atom. The number of aryl methyl sites for hydroxylation is 2. The van der Waals surface area contributed by atoms with Gasteiger partial charge >= 0.3 is 5.97 Å². The maximum Gasteiger partial charge on any atom is 0.338 e. The predicted molar refractivity (Wildman–Crippen MR) is 110 cm³/mol. The van der Waals surface area contributed by atoms with Crippen LogP contribution < -0.4 is 4.74 Å². The highest BCUT2D eigenvalue weighted by Crippen LogP contribution is 2.23. The highest BCUT2D eigenvalue weighted by atomic mass is 32.2. The van der Waals surface area contributed by atoms with Crippen LogP contribution in [0.4, 0.5) is 0 Å². The molecule has 1 fully saturated rings. The molecule has 1 heterocycles. The van der Waals surface area contributed by atoms with Gasteiger partial charge in [0.1, 0.15) is 19.0 Å². The fourth-order valence-corrected chi connectivity index (χ4v) is 5.13. The lowest BCUT2D eigenvalue weighted by molar-refractivity contribution is 0.0450. The third kappa shape index (κ3) is 4.66. The maximum absolute atomic E-state index is 12.6. The van der Waals surface area contributed by atoms with Crippen LogP contribution in [0.15, 0.2) is 47.4 Å². The van der Waals surface area contributed by atoms with Crippen LogP contribution in [-0.4, -0.2) is 58.2 Å². The van der Waals surface area contributed by atoms with Crippen molar-refractivity contribution in [1.82, 2.24) is 4.31 Å². The van der Waals surface area contributed by atoms with Gasteiger partial charge < -0.3 is 14.2 Å². The van der Waals surface area contributed by atoms with E-state index in [1.165, 1.54) is 27.6 Å². The van der Waals surface area contributed by atoms with Crippen LogP contribution in [0, 0.1) is 0 Å². The first-order valence-corrected chi connectivity index (χ1v) is 11.6. The second-order valence-electron chi connectivity index (χ2n) is 7.31. The molecule has 0 amide bonds. The van der Waals surface area contributed by atoms with Crippen LogP contribution in [-0.2, 0) is 32.3 Å². The van der Waals surface area contributed by atoms with Crippen LogP contribution in [0.5, 0.6) is 5.75 Å². The van der Waals surface area contributed by atoms with E-state index >= 15 is 0 Å². The number of nitrogens with zero attached hydrogens (tertiary/aromatic N) is 1. The molecule has 8 heteroatoms. The first-order chi connectivity index (χ1) is 14.5. The van der Waals surface area contributed by atoms with E-state index < -0.39 is 10.0 Å². The number of rotatable bonds is 7. The first kappa shape index (κ1) is 20.8. The van der Waals surface area contributed by atoms with Gasteiger partial charge in [-0.1, -0.05) is 6.07 Å². The molecule has 1 aliphatic carbocycles. The summed E-state index contributed by atoms with van der Waals surface area (Å²) in [5, 5.41) is 0. The van der Waals surface area contributed by atoms with Crippen molar-refractivity contribution in [2.45, 2.75) is 24.2 Å². The molecule has 0 unspecified atom stereocenters. The Morgan fingerprint density at radius 3 is 2.47 bits per heavy atom. The Bertz CT molecular complexity index is 997. The molecule has 4 rings (SSSR count). The van der Waals surface area contributed by atoms with E-state index in [-0.39, 0.29) is 24.1 Å². The molecule has 0 saturated carbocycles. The van der Waals surface area contributed by atoms with E-state index in [2.05, 4.69) is 0 Å². The molecular formula is C22H25NO6S. The van der Waals surface area contributed by atoms with E-state index in [9.17, 15) is 13.2 Å². The summed E-state index contributed by atoms with van der Waals surface area (Å²) in [5.41, 5.74) is 3.11. The van der Waals surface area contributed by atoms with Gasteiger partial charge in [0.05, 0.1) is 23.7 Å². The van der Waals surface area contributed by atoms with Gasteiger partial charge in [0.15, 0.2) is 0 Å². The monoisotopic (exact) mass is 431 g/mol. The number of hydrogen-bond acceptors (Lipinski definition) is 6. The van der Waals surface area contributed by atoms with Gasteiger partial charge in [-0.3, -0.25) is 0 Å². The van der Waals surface area contributed by atoms with Crippen molar-refractivity contribution in [3.05, 3.63) is 59.2 Å². The Balaban J connectivity index is 1.26. The van der Waals surface area contributed by atoms with Crippen molar-refractivity contribution < 1.29 is 27.4 Å². The zero-order chi connectivity index (χ0) is 21.0. The van der Waals surface area contributed by atoms with Gasteiger partial charge in [-0.05, 0) is 66.8 Å². The highest BCUT2D eigenvalue weighted by molar-refractivity contribution is 7.89. The third-order valence-corrected chi connectivity index (χ3v) is 7.26. The summed E-state index contributed by atoms with van der Waals surface area (Å²) in [7, 11) is -3.52. The standard InChI is InChI=1S/C22H25NO6S/c24-22(19-5-4-17-2-1-3-18(17)16-19)29-15-14-28-20-6-8-21(9-7-20)30(25,26)23-10-12-27-13-11-23/h4-9,16H,1-3,10-15H2. The number of morpholine rings is 1. The lowest BCUT2D eigenvalue weighted by atomic mass is 10.1. The van der Waals surface area contributed by atoms with Crippen molar-refractivity contribution in [2.75, 3.05) is 39.5 Å². The van der Waals surface area contributed by atoms with E-state index in [0.717, 1.165) is 19.3 Å². The Hall–Kier alpha value is -2.42. The van der Waals surface area contributed by atoms with E-state index in [1.807, 2.05) is 12.1 Å². The van der Waals surface area contributed by atoms with E-state index in [4.69, 9.17) is 14.2 Å². The average molecular weight is 432 g/mol. The fraction of sp³-hybridized carbons (Fsp3) is 0.409. The second kappa shape index (κ2) is 9.16. The number of carbonyl (C=O) groups is 1. The normalized spacial score (nSPS) is 16.8. The van der Waals surface area contributed by atoms with Crippen LogP contribution in [0.3, 0.4) is 0 Å². The summed E-state index contributed by atoms with van der Waals surface area (Å²) in [6.45, 7) is 1.83. The molecule has 7 nitrogen and oxygen atoms in total. The molecule has 0 bridgehead atoms. The summed E-state index contributed by atoms with van der Waals surface area (Å²) < 4.78 is 42.7. The molecular weight excluding hydrogens is 406 g/mol. The Morgan fingerprint density at radius 1 is 0.967 bits per heavy atom. The first-order valence-electron chi connectivity index (χ1n) is 10.1. The number of esters is 1. The number of sulfonamides is 1. The van der Waals surface area contributed by atoms with Crippen molar-refractivity contribution in [2.24, 2.45) is 0 Å². The molecule has 1 saturated heterocycles. The van der Waals surface area contributed by atoms with Crippen LogP contribution in [0.2, 0.25) is 0 Å². The molecule has 2 aromatic rings. The lowest BCUT2D eigenvalue weighted by Gasteiger charge is -2.26. The quantitative estimate of drug-likeness (QED) is 0.495. The van der Waals surface area contributed by atoms with Crippen molar-refractivity contribution in [1.29, 1.82) is 0 Å². The molecule has 160 valence electrons. The van der Waals surface area contributed by atoms with Crippen LogP contribution >= 0.6 is 0 Å². The summed E-state index contributed by atoms with van der Waals surface area (Å²) in [6, 6.07) is 12.0. The summed E-state index contributed by atoms with van der Waals surface area (Å²) in [5.74, 6) is 0.157. The Kier molecular flexibility index (Phi) is 6.36. The summed E-state index contributed by atoms with van der Waals surface area (Å²) in [4.78, 5) is 12.4. The average Bonchev–Trinajstić information content (AvgIpc) is 3.25. The molecule has 0 spiro atoms. The largest absolute Gasteiger partial charge is 0.490 e. The van der Waals surface area contributed by atoms with Crippen molar-refractivity contribution >= 4 is 16.0 Å². The zero-order valence-corrected chi connectivity index (χ0v) is 17.5. The van der Waals surface area contributed by atoms with Crippen LogP contribution in [0.25, 0.3) is 0 Å². The van der Waals surface area contributed by atoms with Gasteiger partial charge in [0.25, 0.3) is 0 Å². The minimum Gasteiger partial charge on any atom is -0.490 e. The van der Waals surface area contributed by atoms with Crippen molar-refractivity contribution in [3.8, 4) is 5.75 Å². The van der Waals surface area contributed by atoms with Gasteiger partial charge in [-0.25, -0.2) is 13.2 Å². The second-order valence-corrected chi connectivity index (χ2v) is 9.25. The molecule has 30 heavy (non-hydrogen) atoms. The Labute approximate surface area is 176 Å². The minimum absolute atomic E-state index is 0.115. The number of benzene rings is 2. The maximum atomic E-state index is 12.6. The number of hydrogen-bond donors (Lipinski definition) is 0. The summed E-state index contributed by atoms with van der Waals surface area (Å²) in [6.07, 6.45) is 3.22. The van der Waals surface area contributed by atoms with Gasteiger partial charge in [0, 0.05) is 13.1 Å². The molecule has 0 N–H and O–H groups in total. The molecule has 2 aliphatic rings. The minimum atomic E-state index is -3.52. The smallest absolute Gasteiger partial charge is 0.338 e. The third-order valence-electron chi connectivity index (χ3n) is 5.35. The zero-order valence-electron chi connectivity index (χ0n) is 16.7. The lowest BCUT2D eigenvalue weighted by Crippen LogP contribution is -2.40. The van der Waals surface area contributed by atoms with Crippen LogP contribution in [0.1, 0.15) is 27.9 Å². The molecule has 0 radical (unpaired) electrons. The van der Waals surface area contributed by atoms with Gasteiger partial charge in [-0.15, -0.1) is 0 Å². The van der Waals surface area contributed by atoms with E-state index in [0.29, 0.717) is 37.6 Å². The predicted octanol–water partition coefficient (Wildman–Crippen LogP) is 2.43. The van der Waals surface area contributed by atoms with Gasteiger partial charge in [-0.2, -0.15) is 4.31 Å².